The fourth-order valence-electron chi connectivity index (χ4n) is 5.75. The number of amides is 3. The molecule has 0 radical (unpaired) electrons. The number of ketones is 1. The van der Waals surface area contributed by atoms with E-state index < -0.39 is 11.6 Å². The third-order valence-corrected chi connectivity index (χ3v) is 8.86. The maximum absolute atomic E-state index is 13.6. The number of ether oxygens (including phenoxy) is 1. The summed E-state index contributed by atoms with van der Waals surface area (Å²) in [5.74, 6) is -0.303. The lowest BCUT2D eigenvalue weighted by atomic mass is 10.0. The molecule has 8 nitrogen and oxygen atoms in total. The summed E-state index contributed by atoms with van der Waals surface area (Å²) in [4.78, 5) is 53.3. The van der Waals surface area contributed by atoms with Gasteiger partial charge in [0.25, 0.3) is 5.91 Å². The van der Waals surface area contributed by atoms with Gasteiger partial charge in [0.1, 0.15) is 11.8 Å². The number of allylic oxidation sites excluding steroid dienone is 10. The molecule has 1 heterocycles. The molecule has 3 rings (SSSR count). The molecule has 284 valence electrons. The van der Waals surface area contributed by atoms with E-state index in [1.54, 1.807) is 67.3 Å². The minimum absolute atomic E-state index is 0.0504. The van der Waals surface area contributed by atoms with Crippen LogP contribution < -0.4 is 15.4 Å². The molecule has 1 saturated heterocycles. The monoisotopic (exact) mass is 741 g/mol. The first-order valence-electron chi connectivity index (χ1n) is 18.8. The summed E-state index contributed by atoms with van der Waals surface area (Å²) in [6.07, 6.45) is 29.8. The van der Waals surface area contributed by atoms with Crippen molar-refractivity contribution in [1.29, 1.82) is 0 Å². The quantitative estimate of drug-likeness (QED) is 0.0713. The van der Waals surface area contributed by atoms with Gasteiger partial charge in [0, 0.05) is 42.2 Å². The topological polar surface area (TPSA) is 105 Å². The number of carbonyl (C=O) groups excluding carboxylic acids is 4. The van der Waals surface area contributed by atoms with Crippen molar-refractivity contribution in [3.8, 4) is 5.75 Å². The molecule has 1 aliphatic rings. The van der Waals surface area contributed by atoms with E-state index in [0.29, 0.717) is 54.3 Å². The SMILES string of the molecule is CC/C=C\C/C=C\C/C=C\C/C=C\C/C=C\CCCC(=O)NCCNC(=O)C1CCCN1C(=O)C(C)(C)Oc1ccc(C(=O)c2ccc(Cl)cc2)cc1. The highest BCUT2D eigenvalue weighted by Crippen LogP contribution is 2.26. The molecule has 1 aliphatic heterocycles. The molecular weight excluding hydrogens is 686 g/mol. The van der Waals surface area contributed by atoms with E-state index in [2.05, 4.69) is 78.3 Å². The van der Waals surface area contributed by atoms with Crippen molar-refractivity contribution in [2.75, 3.05) is 19.6 Å². The van der Waals surface area contributed by atoms with Crippen molar-refractivity contribution in [2.45, 2.75) is 96.6 Å². The molecule has 53 heavy (non-hydrogen) atoms. The molecule has 0 bridgehead atoms. The number of hydrogen-bond donors (Lipinski definition) is 2. The fraction of sp³-hybridized carbons (Fsp3) is 0.409. The van der Waals surface area contributed by atoms with Gasteiger partial charge in [-0.3, -0.25) is 19.2 Å². The highest BCUT2D eigenvalue weighted by molar-refractivity contribution is 6.30. The van der Waals surface area contributed by atoms with Gasteiger partial charge < -0.3 is 20.3 Å². The second kappa shape index (κ2) is 23.8. The molecule has 2 N–H and O–H groups in total. The third-order valence-electron chi connectivity index (χ3n) is 8.61. The summed E-state index contributed by atoms with van der Waals surface area (Å²) in [5.41, 5.74) is -0.240. The molecule has 3 amide bonds. The van der Waals surface area contributed by atoms with Crippen LogP contribution in [0.2, 0.25) is 5.02 Å². The minimum atomic E-state index is -1.24. The lowest BCUT2D eigenvalue weighted by molar-refractivity contribution is -0.149. The number of likely N-dealkylation sites (tertiary alicyclic amines) is 1. The Morgan fingerprint density at radius 3 is 1.89 bits per heavy atom. The van der Waals surface area contributed by atoms with Crippen molar-refractivity contribution in [2.24, 2.45) is 0 Å². The van der Waals surface area contributed by atoms with Gasteiger partial charge in [0.15, 0.2) is 11.4 Å². The van der Waals surface area contributed by atoms with Crippen molar-refractivity contribution >= 4 is 35.1 Å². The zero-order valence-corrected chi connectivity index (χ0v) is 32.3. The van der Waals surface area contributed by atoms with E-state index in [-0.39, 0.29) is 30.0 Å². The zero-order chi connectivity index (χ0) is 38.3. The Balaban J connectivity index is 1.29. The van der Waals surface area contributed by atoms with Crippen LogP contribution in [-0.2, 0) is 14.4 Å². The third kappa shape index (κ3) is 15.8. The molecule has 0 spiro atoms. The van der Waals surface area contributed by atoms with Crippen LogP contribution >= 0.6 is 11.6 Å². The van der Waals surface area contributed by atoms with Crippen LogP contribution in [-0.4, -0.2) is 59.7 Å². The lowest BCUT2D eigenvalue weighted by Crippen LogP contribution is -2.54. The van der Waals surface area contributed by atoms with Gasteiger partial charge in [-0.2, -0.15) is 0 Å². The van der Waals surface area contributed by atoms with Crippen LogP contribution in [0, 0.1) is 0 Å². The van der Waals surface area contributed by atoms with Crippen molar-refractivity contribution in [3.63, 3.8) is 0 Å². The number of nitrogens with zero attached hydrogens (tertiary/aromatic N) is 1. The number of hydrogen-bond acceptors (Lipinski definition) is 5. The molecule has 0 saturated carbocycles. The Labute approximate surface area is 321 Å². The maximum Gasteiger partial charge on any atom is 0.266 e. The summed E-state index contributed by atoms with van der Waals surface area (Å²) < 4.78 is 6.07. The molecule has 1 fully saturated rings. The summed E-state index contributed by atoms with van der Waals surface area (Å²) in [7, 11) is 0. The maximum atomic E-state index is 13.6. The number of rotatable bonds is 22. The van der Waals surface area contributed by atoms with Crippen LogP contribution in [0.1, 0.15) is 101 Å². The van der Waals surface area contributed by atoms with Crippen LogP contribution in [0.3, 0.4) is 0 Å². The van der Waals surface area contributed by atoms with Gasteiger partial charge in [0.2, 0.25) is 11.8 Å². The van der Waals surface area contributed by atoms with E-state index >= 15 is 0 Å². The van der Waals surface area contributed by atoms with E-state index in [0.717, 1.165) is 44.9 Å². The molecule has 0 aromatic heterocycles. The summed E-state index contributed by atoms with van der Waals surface area (Å²) >= 11 is 5.93. The highest BCUT2D eigenvalue weighted by atomic mass is 35.5. The van der Waals surface area contributed by atoms with Gasteiger partial charge in [-0.25, -0.2) is 0 Å². The van der Waals surface area contributed by atoms with E-state index in [4.69, 9.17) is 16.3 Å². The molecule has 1 unspecified atom stereocenters. The van der Waals surface area contributed by atoms with Crippen LogP contribution in [0.5, 0.6) is 5.75 Å². The van der Waals surface area contributed by atoms with Crippen LogP contribution in [0.4, 0.5) is 0 Å². The molecule has 9 heteroatoms. The second-order valence-corrected chi connectivity index (χ2v) is 13.8. The van der Waals surface area contributed by atoms with Gasteiger partial charge in [-0.15, -0.1) is 0 Å². The number of benzene rings is 2. The van der Waals surface area contributed by atoms with E-state index in [1.165, 1.54) is 0 Å². The van der Waals surface area contributed by atoms with Gasteiger partial charge in [-0.1, -0.05) is 79.3 Å². The molecular formula is C44H56ClN3O5. The highest BCUT2D eigenvalue weighted by Gasteiger charge is 2.42. The molecule has 0 aliphatic carbocycles. The molecule has 2 aromatic rings. The van der Waals surface area contributed by atoms with Crippen molar-refractivity contribution < 1.29 is 23.9 Å². The predicted octanol–water partition coefficient (Wildman–Crippen LogP) is 8.87. The Morgan fingerprint density at radius 2 is 1.30 bits per heavy atom. The van der Waals surface area contributed by atoms with Gasteiger partial charge in [0.05, 0.1) is 0 Å². The van der Waals surface area contributed by atoms with Crippen LogP contribution in [0.15, 0.2) is 109 Å². The van der Waals surface area contributed by atoms with Crippen molar-refractivity contribution in [1.82, 2.24) is 15.5 Å². The van der Waals surface area contributed by atoms with Gasteiger partial charge >= 0.3 is 0 Å². The largest absolute Gasteiger partial charge is 0.478 e. The minimum Gasteiger partial charge on any atom is -0.478 e. The Kier molecular flexibility index (Phi) is 19.2. The first-order valence-corrected chi connectivity index (χ1v) is 19.2. The predicted molar refractivity (Wildman–Crippen MR) is 215 cm³/mol. The normalized spacial score (nSPS) is 15.0. The summed E-state index contributed by atoms with van der Waals surface area (Å²) in [5, 5.41) is 6.29. The zero-order valence-electron chi connectivity index (χ0n) is 31.5. The number of carbonyl (C=O) groups is 4. The fourth-order valence-corrected chi connectivity index (χ4v) is 5.88. The first-order chi connectivity index (χ1) is 25.6. The van der Waals surface area contributed by atoms with E-state index in [1.807, 2.05) is 0 Å². The number of unbranched alkanes of at least 4 members (excludes halogenated alkanes) is 1. The molecule has 2 aromatic carbocycles. The van der Waals surface area contributed by atoms with Gasteiger partial charge in [-0.05, 0) is 120 Å². The molecule has 1 atom stereocenters. The lowest BCUT2D eigenvalue weighted by Gasteiger charge is -2.33. The average molecular weight is 742 g/mol. The Morgan fingerprint density at radius 1 is 0.774 bits per heavy atom. The first kappa shape index (κ1) is 42.7. The Bertz CT molecular complexity index is 1610. The summed E-state index contributed by atoms with van der Waals surface area (Å²) in [6, 6.07) is 12.7. The smallest absolute Gasteiger partial charge is 0.266 e. The summed E-state index contributed by atoms with van der Waals surface area (Å²) in [6.45, 7) is 6.53. The standard InChI is InChI=1S/C44H56ClN3O5/c1-4-5-6-7-8-9-10-11-12-13-14-15-16-17-18-19-20-23-40(49)46-32-33-47-42(51)39-22-21-34-48(39)43(52)44(2,3)53-38-30-26-36(27-31-38)41(50)35-24-28-37(45)29-25-35/h5-6,8-9,11-12,14-15,17-18,24-31,39H,4,7,10,13,16,19-23,32-34H2,1-3H3,(H,46,49)(H,47,51)/b6-5-,9-8-,12-11-,15-14-,18-17-. The van der Waals surface area contributed by atoms with Crippen molar-refractivity contribution in [3.05, 3.63) is 125 Å². The Hall–Kier alpha value is -4.69. The second-order valence-electron chi connectivity index (χ2n) is 13.4. The van der Waals surface area contributed by atoms with E-state index in [9.17, 15) is 19.2 Å². The number of nitrogens with one attached hydrogen (secondary N) is 2. The average Bonchev–Trinajstić information content (AvgIpc) is 3.64. The number of halogens is 1. The van der Waals surface area contributed by atoms with Crippen LogP contribution in [0.25, 0.3) is 0 Å².